The third-order valence-corrected chi connectivity index (χ3v) is 6.36. The molecule has 0 saturated carbocycles. The lowest BCUT2D eigenvalue weighted by Gasteiger charge is -2.33. The number of phenolic OH excluding ortho intramolecular Hbond substituents is 1. The summed E-state index contributed by atoms with van der Waals surface area (Å²) in [5.74, 6) is -1.03. The van der Waals surface area contributed by atoms with E-state index in [0.717, 1.165) is 38.8 Å². The largest absolute Gasteiger partial charge is 0.508 e. The first-order valence-corrected chi connectivity index (χ1v) is 11.2. The zero-order valence-electron chi connectivity index (χ0n) is 17.9. The molecule has 0 bridgehead atoms. The van der Waals surface area contributed by atoms with Crippen molar-refractivity contribution in [3.05, 3.63) is 29.8 Å². The minimum absolute atomic E-state index is 0.0925. The van der Waals surface area contributed by atoms with Crippen LogP contribution in [0.5, 0.6) is 5.75 Å². The molecule has 2 atom stereocenters. The van der Waals surface area contributed by atoms with Crippen LogP contribution in [0, 0.1) is 11.8 Å². The first-order chi connectivity index (χ1) is 14.9. The van der Waals surface area contributed by atoms with Crippen LogP contribution >= 0.6 is 0 Å². The number of carboxylic acid groups (broad SMARTS) is 1. The fourth-order valence-electron chi connectivity index (χ4n) is 4.43. The zero-order valence-corrected chi connectivity index (χ0v) is 17.9. The van der Waals surface area contributed by atoms with Crippen molar-refractivity contribution in [1.82, 2.24) is 15.5 Å². The molecule has 0 aliphatic carbocycles. The minimum atomic E-state index is -1.10. The number of likely N-dealkylation sites (tertiary alicyclic amines) is 1. The zero-order chi connectivity index (χ0) is 22.2. The van der Waals surface area contributed by atoms with Crippen LogP contribution in [0.1, 0.15) is 44.1 Å². The van der Waals surface area contributed by atoms with Gasteiger partial charge in [-0.15, -0.1) is 0 Å². The number of rotatable bonds is 8. The van der Waals surface area contributed by atoms with Gasteiger partial charge in [-0.2, -0.15) is 0 Å². The molecule has 1 unspecified atom stereocenters. The Hall–Kier alpha value is -2.61. The van der Waals surface area contributed by atoms with Crippen molar-refractivity contribution < 1.29 is 24.6 Å². The molecule has 8 heteroatoms. The molecule has 2 aliphatic rings. The average Bonchev–Trinajstić information content (AvgIpc) is 2.79. The summed E-state index contributed by atoms with van der Waals surface area (Å²) in [6, 6.07) is 5.21. The lowest BCUT2D eigenvalue weighted by Crippen LogP contribution is -2.50. The Morgan fingerprint density at radius 1 is 1.13 bits per heavy atom. The molecule has 0 aromatic heterocycles. The van der Waals surface area contributed by atoms with Crippen LogP contribution in [-0.2, 0) is 20.8 Å². The predicted molar refractivity (Wildman–Crippen MR) is 116 cm³/mol. The van der Waals surface area contributed by atoms with Gasteiger partial charge in [-0.1, -0.05) is 12.1 Å². The molecule has 170 valence electrons. The maximum Gasteiger partial charge on any atom is 0.326 e. The number of piperidine rings is 2. The second-order valence-corrected chi connectivity index (χ2v) is 8.68. The first kappa shape index (κ1) is 23.1. The van der Waals surface area contributed by atoms with Gasteiger partial charge in [0.2, 0.25) is 11.8 Å². The maximum absolute atomic E-state index is 12.8. The lowest BCUT2D eigenvalue weighted by molar-refractivity contribution is -0.143. The van der Waals surface area contributed by atoms with Gasteiger partial charge in [-0.3, -0.25) is 9.59 Å². The quantitative estimate of drug-likeness (QED) is 0.496. The molecule has 1 aromatic rings. The van der Waals surface area contributed by atoms with Crippen molar-refractivity contribution >= 4 is 17.8 Å². The van der Waals surface area contributed by atoms with Gasteiger partial charge in [0, 0.05) is 25.9 Å². The van der Waals surface area contributed by atoms with E-state index in [1.807, 2.05) is 0 Å². The number of carboxylic acids is 1. The Morgan fingerprint density at radius 3 is 2.52 bits per heavy atom. The smallest absolute Gasteiger partial charge is 0.326 e. The second-order valence-electron chi connectivity index (χ2n) is 8.68. The number of amides is 2. The van der Waals surface area contributed by atoms with Crippen LogP contribution in [0.3, 0.4) is 0 Å². The molecule has 1 aromatic carbocycles. The highest BCUT2D eigenvalue weighted by Gasteiger charge is 2.31. The molecular weight excluding hydrogens is 398 g/mol. The monoisotopic (exact) mass is 431 g/mol. The fraction of sp³-hybridized carbons (Fsp3) is 0.609. The topological polar surface area (TPSA) is 119 Å². The summed E-state index contributed by atoms with van der Waals surface area (Å²) in [5.41, 5.74) is 0.712. The van der Waals surface area contributed by atoms with Gasteiger partial charge in [0.25, 0.3) is 0 Å². The third kappa shape index (κ3) is 6.95. The number of hydrogen-bond acceptors (Lipinski definition) is 5. The van der Waals surface area contributed by atoms with Gasteiger partial charge in [0.1, 0.15) is 11.8 Å². The Labute approximate surface area is 183 Å². The fourth-order valence-corrected chi connectivity index (χ4v) is 4.43. The van der Waals surface area contributed by atoms with E-state index in [2.05, 4.69) is 10.6 Å². The van der Waals surface area contributed by atoms with E-state index in [0.29, 0.717) is 37.4 Å². The third-order valence-electron chi connectivity index (χ3n) is 6.36. The van der Waals surface area contributed by atoms with Gasteiger partial charge in [0.05, 0.1) is 5.92 Å². The van der Waals surface area contributed by atoms with Crippen LogP contribution < -0.4 is 10.6 Å². The highest BCUT2D eigenvalue weighted by atomic mass is 16.4. The van der Waals surface area contributed by atoms with Crippen LogP contribution in [-0.4, -0.2) is 65.1 Å². The standard InChI is InChI=1S/C23H33N3O5/c27-19-6-3-17(4-7-19)14-20(23(30)31)25-22(29)18-2-1-13-26(15-18)21(28)8-5-16-9-11-24-12-10-16/h3-4,6-7,16,18,20,24,27H,1-2,5,8-15H2,(H,25,29)(H,30,31)/t18?,20-/m0/s1. The molecule has 3 rings (SSSR count). The highest BCUT2D eigenvalue weighted by molar-refractivity contribution is 5.86. The Balaban J connectivity index is 1.50. The summed E-state index contributed by atoms with van der Waals surface area (Å²) in [4.78, 5) is 38.9. The van der Waals surface area contributed by atoms with Gasteiger partial charge in [-0.25, -0.2) is 4.79 Å². The van der Waals surface area contributed by atoms with Crippen molar-refractivity contribution in [2.75, 3.05) is 26.2 Å². The molecular formula is C23H33N3O5. The number of carbonyl (C=O) groups excluding carboxylic acids is 2. The number of carbonyl (C=O) groups is 3. The summed E-state index contributed by atoms with van der Waals surface area (Å²) in [6.07, 6.45) is 5.14. The number of benzene rings is 1. The molecule has 4 N–H and O–H groups in total. The van der Waals surface area contributed by atoms with Crippen molar-refractivity contribution in [2.45, 2.75) is 51.0 Å². The summed E-state index contributed by atoms with van der Waals surface area (Å²) < 4.78 is 0. The number of aromatic hydroxyl groups is 1. The predicted octanol–water partition coefficient (Wildman–Crippen LogP) is 1.52. The lowest BCUT2D eigenvalue weighted by atomic mass is 9.92. The number of aliphatic carboxylic acids is 1. The number of hydrogen-bond donors (Lipinski definition) is 4. The van der Waals surface area contributed by atoms with E-state index in [-0.39, 0.29) is 24.0 Å². The number of nitrogens with zero attached hydrogens (tertiary/aromatic N) is 1. The van der Waals surface area contributed by atoms with Crippen molar-refractivity contribution in [2.24, 2.45) is 11.8 Å². The van der Waals surface area contributed by atoms with E-state index in [9.17, 15) is 24.6 Å². The van der Waals surface area contributed by atoms with Gasteiger partial charge in [-0.05, 0) is 68.8 Å². The first-order valence-electron chi connectivity index (χ1n) is 11.2. The molecule has 2 fully saturated rings. The molecule has 2 heterocycles. The summed E-state index contributed by atoms with van der Waals surface area (Å²) in [6.45, 7) is 3.03. The van der Waals surface area contributed by atoms with Crippen molar-refractivity contribution in [1.29, 1.82) is 0 Å². The normalized spacial score (nSPS) is 20.8. The summed E-state index contributed by atoms with van der Waals surface area (Å²) >= 11 is 0. The van der Waals surface area contributed by atoms with Crippen molar-refractivity contribution in [3.8, 4) is 5.75 Å². The molecule has 31 heavy (non-hydrogen) atoms. The summed E-state index contributed by atoms with van der Waals surface area (Å²) in [7, 11) is 0. The van der Waals surface area contributed by atoms with Gasteiger partial charge >= 0.3 is 5.97 Å². The number of phenols is 1. The Kier molecular flexibility index (Phi) is 8.28. The van der Waals surface area contributed by atoms with Crippen LogP contribution in [0.25, 0.3) is 0 Å². The highest BCUT2D eigenvalue weighted by Crippen LogP contribution is 2.22. The van der Waals surface area contributed by atoms with Crippen LogP contribution in [0.15, 0.2) is 24.3 Å². The van der Waals surface area contributed by atoms with Crippen LogP contribution in [0.4, 0.5) is 0 Å². The molecule has 2 aliphatic heterocycles. The Bertz CT molecular complexity index is 761. The SMILES string of the molecule is O=C(N[C@@H](Cc1ccc(O)cc1)C(=O)O)C1CCCN(C(=O)CCC2CCNCC2)C1. The number of nitrogens with one attached hydrogen (secondary N) is 2. The minimum Gasteiger partial charge on any atom is -0.508 e. The van der Waals surface area contributed by atoms with E-state index in [4.69, 9.17) is 0 Å². The van der Waals surface area contributed by atoms with E-state index in [1.54, 1.807) is 17.0 Å². The average molecular weight is 432 g/mol. The van der Waals surface area contributed by atoms with Crippen molar-refractivity contribution in [3.63, 3.8) is 0 Å². The molecule has 0 radical (unpaired) electrons. The molecule has 2 saturated heterocycles. The van der Waals surface area contributed by atoms with Crippen LogP contribution in [0.2, 0.25) is 0 Å². The van der Waals surface area contributed by atoms with E-state index < -0.39 is 17.9 Å². The maximum atomic E-state index is 12.8. The van der Waals surface area contributed by atoms with Gasteiger partial charge < -0.3 is 25.7 Å². The van der Waals surface area contributed by atoms with Gasteiger partial charge in [0.15, 0.2) is 0 Å². The van der Waals surface area contributed by atoms with E-state index >= 15 is 0 Å². The molecule has 2 amide bonds. The Morgan fingerprint density at radius 2 is 1.84 bits per heavy atom. The molecule has 0 spiro atoms. The summed E-state index contributed by atoms with van der Waals surface area (Å²) in [5, 5.41) is 24.9. The van der Waals surface area contributed by atoms with E-state index in [1.165, 1.54) is 12.1 Å². The molecule has 8 nitrogen and oxygen atoms in total. The second kappa shape index (κ2) is 11.1.